The molecule has 1 aromatic carbocycles. The molecule has 0 unspecified atom stereocenters. The van der Waals surface area contributed by atoms with Crippen molar-refractivity contribution in [2.45, 2.75) is 40.2 Å². The van der Waals surface area contributed by atoms with Crippen LogP contribution in [0, 0.1) is 38.0 Å². The molecular weight excluding hydrogens is 262 g/mol. The highest BCUT2D eigenvalue weighted by molar-refractivity contribution is 5.74. The van der Waals surface area contributed by atoms with E-state index in [2.05, 4.69) is 44.3 Å². The first kappa shape index (κ1) is 15.4. The third-order valence-electron chi connectivity index (χ3n) is 4.15. The van der Waals surface area contributed by atoms with E-state index in [1.807, 2.05) is 0 Å². The lowest BCUT2D eigenvalue weighted by Crippen LogP contribution is -2.45. The number of hydrogen-bond acceptors (Lipinski definition) is 2. The minimum atomic E-state index is -0.0608. The first-order valence-electron chi connectivity index (χ1n) is 7.50. The van der Waals surface area contributed by atoms with Gasteiger partial charge in [-0.3, -0.25) is 0 Å². The fourth-order valence-corrected chi connectivity index (χ4v) is 3.03. The van der Waals surface area contributed by atoms with Gasteiger partial charge in [0.1, 0.15) is 0 Å². The van der Waals surface area contributed by atoms with Crippen molar-refractivity contribution in [3.63, 3.8) is 0 Å². The molecule has 0 radical (unpaired) electrons. The Balaban J connectivity index is 1.97. The molecule has 0 aliphatic carbocycles. The number of nitrogens with zero attached hydrogens (tertiary/aromatic N) is 2. The van der Waals surface area contributed by atoms with Crippen LogP contribution in [-0.4, -0.2) is 24.0 Å². The predicted octanol–water partition coefficient (Wildman–Crippen LogP) is 3.06. The van der Waals surface area contributed by atoms with Crippen LogP contribution in [-0.2, 0) is 6.54 Å². The van der Waals surface area contributed by atoms with E-state index in [4.69, 9.17) is 5.26 Å². The molecule has 2 rings (SSSR count). The van der Waals surface area contributed by atoms with Crippen molar-refractivity contribution in [2.75, 3.05) is 13.1 Å². The van der Waals surface area contributed by atoms with Gasteiger partial charge >= 0.3 is 6.03 Å². The number of carbonyl (C=O) groups excluding carboxylic acids is 1. The van der Waals surface area contributed by atoms with Gasteiger partial charge in [-0.05, 0) is 50.3 Å². The Labute approximate surface area is 126 Å². The number of nitrogens with one attached hydrogen (secondary N) is 1. The lowest BCUT2D eigenvalue weighted by atomic mass is 9.99. The molecular formula is C17H23N3O. The molecule has 1 N–H and O–H groups in total. The van der Waals surface area contributed by atoms with Crippen molar-refractivity contribution in [3.05, 3.63) is 34.4 Å². The summed E-state index contributed by atoms with van der Waals surface area (Å²) < 4.78 is 0. The van der Waals surface area contributed by atoms with E-state index in [1.165, 1.54) is 22.3 Å². The summed E-state index contributed by atoms with van der Waals surface area (Å²) in [7, 11) is 0. The maximum atomic E-state index is 12.2. The Bertz CT molecular complexity index is 551. The quantitative estimate of drug-likeness (QED) is 0.908. The number of nitriles is 1. The smallest absolute Gasteiger partial charge is 0.317 e. The van der Waals surface area contributed by atoms with Crippen LogP contribution in [0.25, 0.3) is 0 Å². The van der Waals surface area contributed by atoms with Crippen LogP contribution in [0.3, 0.4) is 0 Å². The summed E-state index contributed by atoms with van der Waals surface area (Å²) in [5, 5.41) is 12.0. The molecule has 4 nitrogen and oxygen atoms in total. The number of rotatable bonds is 2. The highest BCUT2D eigenvalue weighted by Crippen LogP contribution is 2.18. The van der Waals surface area contributed by atoms with Crippen LogP contribution < -0.4 is 5.32 Å². The molecule has 1 heterocycles. The van der Waals surface area contributed by atoms with E-state index in [0.29, 0.717) is 13.1 Å². The van der Waals surface area contributed by atoms with Crippen LogP contribution in [0.2, 0.25) is 0 Å². The van der Waals surface area contributed by atoms with E-state index in [9.17, 15) is 4.79 Å². The summed E-state index contributed by atoms with van der Waals surface area (Å²) in [6.45, 7) is 8.08. The van der Waals surface area contributed by atoms with Gasteiger partial charge in [-0.1, -0.05) is 17.7 Å². The number of urea groups is 1. The van der Waals surface area contributed by atoms with E-state index in [0.717, 1.165) is 19.4 Å². The molecule has 0 bridgehead atoms. The van der Waals surface area contributed by atoms with E-state index < -0.39 is 0 Å². The lowest BCUT2D eigenvalue weighted by molar-refractivity contribution is 0.176. The van der Waals surface area contributed by atoms with Crippen molar-refractivity contribution in [2.24, 2.45) is 5.92 Å². The number of carbonyl (C=O) groups is 1. The Morgan fingerprint density at radius 2 is 2.05 bits per heavy atom. The van der Waals surface area contributed by atoms with Crippen molar-refractivity contribution in [1.82, 2.24) is 10.2 Å². The molecule has 1 fully saturated rings. The van der Waals surface area contributed by atoms with Crippen LogP contribution >= 0.6 is 0 Å². The van der Waals surface area contributed by atoms with Gasteiger partial charge < -0.3 is 10.2 Å². The fourth-order valence-electron chi connectivity index (χ4n) is 3.03. The summed E-state index contributed by atoms with van der Waals surface area (Å²) >= 11 is 0. The van der Waals surface area contributed by atoms with Gasteiger partial charge in [0.15, 0.2) is 0 Å². The lowest BCUT2D eigenvalue weighted by Gasteiger charge is -2.29. The maximum absolute atomic E-state index is 12.2. The molecule has 1 saturated heterocycles. The zero-order valence-electron chi connectivity index (χ0n) is 13.1. The predicted molar refractivity (Wildman–Crippen MR) is 82.8 cm³/mol. The highest BCUT2D eigenvalue weighted by atomic mass is 16.2. The Hall–Kier alpha value is -2.02. The minimum absolute atomic E-state index is 0.0210. The zero-order chi connectivity index (χ0) is 15.4. The van der Waals surface area contributed by atoms with E-state index in [-0.39, 0.29) is 11.9 Å². The van der Waals surface area contributed by atoms with Gasteiger partial charge in [0.2, 0.25) is 0 Å². The maximum Gasteiger partial charge on any atom is 0.317 e. The van der Waals surface area contributed by atoms with Gasteiger partial charge in [-0.2, -0.15) is 5.26 Å². The molecule has 4 heteroatoms. The van der Waals surface area contributed by atoms with Crippen LogP contribution in [0.5, 0.6) is 0 Å². The average Bonchev–Trinajstić information content (AvgIpc) is 2.46. The SMILES string of the molecule is Cc1cc(C)c(CNC(=O)N2CCC[C@@H](C#N)C2)c(C)c1. The van der Waals surface area contributed by atoms with Crippen molar-refractivity contribution < 1.29 is 4.79 Å². The third-order valence-corrected chi connectivity index (χ3v) is 4.15. The Morgan fingerprint density at radius 3 is 2.67 bits per heavy atom. The number of hydrogen-bond donors (Lipinski definition) is 1. The third kappa shape index (κ3) is 3.75. The number of piperidine rings is 1. The van der Waals surface area contributed by atoms with Crippen molar-refractivity contribution in [1.29, 1.82) is 5.26 Å². The summed E-state index contributed by atoms with van der Waals surface area (Å²) in [6, 6.07) is 6.48. The molecule has 21 heavy (non-hydrogen) atoms. The standard InChI is InChI=1S/C17H23N3O/c1-12-7-13(2)16(14(3)8-12)10-19-17(21)20-6-4-5-15(9-18)11-20/h7-8,15H,4-6,10-11H2,1-3H3,(H,19,21)/t15-/m0/s1. The van der Waals surface area contributed by atoms with E-state index >= 15 is 0 Å². The second kappa shape index (κ2) is 6.62. The molecule has 1 aromatic rings. The monoisotopic (exact) mass is 285 g/mol. The summed E-state index contributed by atoms with van der Waals surface area (Å²) in [5.74, 6) is -0.0210. The van der Waals surface area contributed by atoms with Gasteiger partial charge in [-0.25, -0.2) is 4.79 Å². The Kier molecular flexibility index (Phi) is 4.85. The number of likely N-dealkylation sites (tertiary alicyclic amines) is 1. The molecule has 0 spiro atoms. The van der Waals surface area contributed by atoms with E-state index in [1.54, 1.807) is 4.90 Å². The summed E-state index contributed by atoms with van der Waals surface area (Å²) in [6.07, 6.45) is 1.81. The van der Waals surface area contributed by atoms with Gasteiger partial charge in [0.25, 0.3) is 0 Å². The number of aryl methyl sites for hydroxylation is 3. The average molecular weight is 285 g/mol. The normalized spacial score (nSPS) is 18.2. The zero-order valence-corrected chi connectivity index (χ0v) is 13.1. The topological polar surface area (TPSA) is 56.1 Å². The minimum Gasteiger partial charge on any atom is -0.334 e. The van der Waals surface area contributed by atoms with Crippen LogP contribution in [0.15, 0.2) is 12.1 Å². The first-order chi connectivity index (χ1) is 10.0. The van der Waals surface area contributed by atoms with Crippen LogP contribution in [0.1, 0.15) is 35.1 Å². The highest BCUT2D eigenvalue weighted by Gasteiger charge is 2.23. The molecule has 2 amide bonds. The van der Waals surface area contributed by atoms with Gasteiger partial charge in [0.05, 0.1) is 12.0 Å². The molecule has 1 aliphatic rings. The summed E-state index contributed by atoms with van der Waals surface area (Å²) in [5.41, 5.74) is 4.85. The largest absolute Gasteiger partial charge is 0.334 e. The number of benzene rings is 1. The fraction of sp³-hybridized carbons (Fsp3) is 0.529. The van der Waals surface area contributed by atoms with Crippen LogP contribution in [0.4, 0.5) is 4.79 Å². The molecule has 1 aliphatic heterocycles. The van der Waals surface area contributed by atoms with Crippen molar-refractivity contribution in [3.8, 4) is 6.07 Å². The first-order valence-corrected chi connectivity index (χ1v) is 7.50. The van der Waals surface area contributed by atoms with Gasteiger partial charge in [0, 0.05) is 19.6 Å². The molecule has 0 saturated carbocycles. The summed E-state index contributed by atoms with van der Waals surface area (Å²) in [4.78, 5) is 14.0. The molecule has 1 atom stereocenters. The second-order valence-electron chi connectivity index (χ2n) is 5.95. The number of amides is 2. The molecule has 112 valence electrons. The Morgan fingerprint density at radius 1 is 1.38 bits per heavy atom. The second-order valence-corrected chi connectivity index (χ2v) is 5.95. The van der Waals surface area contributed by atoms with Crippen molar-refractivity contribution >= 4 is 6.03 Å². The molecule has 0 aromatic heterocycles. The van der Waals surface area contributed by atoms with Gasteiger partial charge in [-0.15, -0.1) is 0 Å².